The van der Waals surface area contributed by atoms with Gasteiger partial charge in [-0.05, 0) is 24.1 Å². The molecule has 0 unspecified atom stereocenters. The van der Waals surface area contributed by atoms with Crippen LogP contribution in [0.4, 0.5) is 14.5 Å². The van der Waals surface area contributed by atoms with Crippen molar-refractivity contribution in [2.75, 3.05) is 10.1 Å². The van der Waals surface area contributed by atoms with Gasteiger partial charge in [0.25, 0.3) is 10.0 Å². The van der Waals surface area contributed by atoms with Gasteiger partial charge in [0, 0.05) is 11.0 Å². The van der Waals surface area contributed by atoms with Crippen molar-refractivity contribution in [2.45, 2.75) is 12.2 Å². The lowest BCUT2D eigenvalue weighted by Gasteiger charge is -2.07. The highest BCUT2D eigenvalue weighted by Gasteiger charge is 2.23. The van der Waals surface area contributed by atoms with Crippen LogP contribution in [0.3, 0.4) is 0 Å². The lowest BCUT2D eigenvalue weighted by Crippen LogP contribution is -2.20. The molecular formula is C9H10BrF2NO2S. The number of alkyl halides is 3. The van der Waals surface area contributed by atoms with Crippen LogP contribution >= 0.6 is 15.9 Å². The van der Waals surface area contributed by atoms with Gasteiger partial charge in [-0.15, -0.1) is 0 Å². The van der Waals surface area contributed by atoms with Crippen LogP contribution in [0.2, 0.25) is 0 Å². The first-order chi connectivity index (χ1) is 7.45. The van der Waals surface area contributed by atoms with Crippen molar-refractivity contribution >= 4 is 31.6 Å². The lowest BCUT2D eigenvalue weighted by atomic mass is 10.2. The Labute approximate surface area is 101 Å². The molecule has 1 aromatic carbocycles. The molecule has 0 saturated heterocycles. The molecule has 0 heterocycles. The Kier molecular flexibility index (Phi) is 4.67. The molecule has 16 heavy (non-hydrogen) atoms. The van der Waals surface area contributed by atoms with Gasteiger partial charge in [-0.1, -0.05) is 28.1 Å². The van der Waals surface area contributed by atoms with Crippen LogP contribution in [-0.2, 0) is 16.4 Å². The van der Waals surface area contributed by atoms with E-state index < -0.39 is 15.8 Å². The number of nitrogens with one attached hydrogen (secondary N) is 1. The zero-order valence-corrected chi connectivity index (χ0v) is 10.6. The third kappa shape index (κ3) is 3.71. The topological polar surface area (TPSA) is 46.2 Å². The van der Waals surface area contributed by atoms with Gasteiger partial charge < -0.3 is 0 Å². The van der Waals surface area contributed by atoms with Crippen molar-refractivity contribution in [1.29, 1.82) is 0 Å². The summed E-state index contributed by atoms with van der Waals surface area (Å²) in [4.78, 5) is 0. The average molecular weight is 314 g/mol. The van der Waals surface area contributed by atoms with Crippen LogP contribution in [0.15, 0.2) is 24.3 Å². The van der Waals surface area contributed by atoms with E-state index in [1.807, 2.05) is 0 Å². The van der Waals surface area contributed by atoms with Crippen LogP contribution in [-0.4, -0.2) is 19.5 Å². The zero-order chi connectivity index (χ0) is 12.2. The van der Waals surface area contributed by atoms with E-state index in [1.165, 1.54) is 12.1 Å². The molecule has 0 radical (unpaired) electrons. The summed E-state index contributed by atoms with van der Waals surface area (Å²) in [5.74, 6) is -3.42. The van der Waals surface area contributed by atoms with Crippen molar-refractivity contribution in [3.05, 3.63) is 29.8 Å². The maximum absolute atomic E-state index is 12.0. The molecule has 90 valence electrons. The standard InChI is InChI=1S/C9H10BrF2NO2S/c10-6-5-7-1-3-8(4-2-7)13-16(14,15)9(11)12/h1-4,9,13H,5-6H2. The van der Waals surface area contributed by atoms with Gasteiger partial charge in [0.05, 0.1) is 0 Å². The predicted octanol–water partition coefficient (Wildman–Crippen LogP) is 2.59. The molecule has 1 aromatic rings. The first-order valence-corrected chi connectivity index (χ1v) is 7.07. The van der Waals surface area contributed by atoms with E-state index in [0.29, 0.717) is 0 Å². The molecule has 0 aromatic heterocycles. The molecule has 1 rings (SSSR count). The minimum Gasteiger partial charge on any atom is -0.279 e. The first kappa shape index (κ1) is 13.4. The molecule has 3 nitrogen and oxygen atoms in total. The third-order valence-corrected chi connectivity index (χ3v) is 3.22. The second-order valence-electron chi connectivity index (χ2n) is 3.04. The van der Waals surface area contributed by atoms with Gasteiger partial charge in [0.15, 0.2) is 0 Å². The van der Waals surface area contributed by atoms with Crippen molar-refractivity contribution < 1.29 is 17.2 Å². The van der Waals surface area contributed by atoms with Crippen LogP contribution < -0.4 is 4.72 Å². The van der Waals surface area contributed by atoms with Crippen molar-refractivity contribution in [3.63, 3.8) is 0 Å². The summed E-state index contributed by atoms with van der Waals surface area (Å²) in [5.41, 5.74) is 1.13. The molecule has 0 atom stereocenters. The predicted molar refractivity (Wildman–Crippen MR) is 62.5 cm³/mol. The molecule has 0 bridgehead atoms. The number of halogens is 3. The van der Waals surface area contributed by atoms with Crippen LogP contribution in [0.1, 0.15) is 5.56 Å². The van der Waals surface area contributed by atoms with E-state index in [2.05, 4.69) is 15.9 Å². The monoisotopic (exact) mass is 313 g/mol. The summed E-state index contributed by atoms with van der Waals surface area (Å²) in [7, 11) is -4.57. The Morgan fingerprint density at radius 3 is 2.25 bits per heavy atom. The number of aryl methyl sites for hydroxylation is 1. The minimum absolute atomic E-state index is 0.138. The Morgan fingerprint density at radius 2 is 1.81 bits per heavy atom. The second-order valence-corrected chi connectivity index (χ2v) is 5.49. The number of anilines is 1. The third-order valence-electron chi connectivity index (χ3n) is 1.83. The first-order valence-electron chi connectivity index (χ1n) is 4.40. The molecule has 0 amide bonds. The number of sulfonamides is 1. The molecule has 0 aliphatic carbocycles. The van der Waals surface area contributed by atoms with E-state index in [-0.39, 0.29) is 5.69 Å². The summed E-state index contributed by atoms with van der Waals surface area (Å²) >= 11 is 3.26. The zero-order valence-electron chi connectivity index (χ0n) is 8.16. The molecular weight excluding hydrogens is 304 g/mol. The minimum atomic E-state index is -4.57. The maximum atomic E-state index is 12.0. The fourth-order valence-electron chi connectivity index (χ4n) is 1.06. The fourth-order valence-corrected chi connectivity index (χ4v) is 2.07. The highest BCUT2D eigenvalue weighted by molar-refractivity contribution is 9.09. The summed E-state index contributed by atoms with van der Waals surface area (Å²) in [5, 5.41) is 0.787. The van der Waals surface area contributed by atoms with Crippen molar-refractivity contribution in [3.8, 4) is 0 Å². The average Bonchev–Trinajstić information content (AvgIpc) is 2.21. The van der Waals surface area contributed by atoms with E-state index in [4.69, 9.17) is 0 Å². The van der Waals surface area contributed by atoms with E-state index in [0.717, 1.165) is 17.3 Å². The summed E-state index contributed by atoms with van der Waals surface area (Å²) in [6, 6.07) is 6.28. The molecule has 0 saturated carbocycles. The van der Waals surface area contributed by atoms with E-state index >= 15 is 0 Å². The molecule has 0 aliphatic heterocycles. The van der Waals surface area contributed by atoms with Crippen molar-refractivity contribution in [1.82, 2.24) is 0 Å². The number of hydrogen-bond donors (Lipinski definition) is 1. The largest absolute Gasteiger partial charge is 0.355 e. The smallest absolute Gasteiger partial charge is 0.279 e. The van der Waals surface area contributed by atoms with Crippen LogP contribution in [0.5, 0.6) is 0 Å². The summed E-state index contributed by atoms with van der Waals surface area (Å²) < 4.78 is 47.6. The second kappa shape index (κ2) is 5.58. The Bertz CT molecular complexity index is 433. The molecule has 0 aliphatic rings. The molecule has 7 heteroatoms. The van der Waals surface area contributed by atoms with Crippen LogP contribution in [0.25, 0.3) is 0 Å². The Balaban J connectivity index is 2.76. The van der Waals surface area contributed by atoms with Gasteiger partial charge in [0.1, 0.15) is 0 Å². The highest BCUT2D eigenvalue weighted by atomic mass is 79.9. The van der Waals surface area contributed by atoms with Gasteiger partial charge >= 0.3 is 5.76 Å². The SMILES string of the molecule is O=S(=O)(Nc1ccc(CCBr)cc1)C(F)F. The fraction of sp³-hybridized carbons (Fsp3) is 0.333. The molecule has 0 spiro atoms. The quantitative estimate of drug-likeness (QED) is 0.849. The lowest BCUT2D eigenvalue weighted by molar-refractivity contribution is 0.236. The van der Waals surface area contributed by atoms with Crippen LogP contribution in [0, 0.1) is 0 Å². The summed E-state index contributed by atoms with van der Waals surface area (Å²) in [6.07, 6.45) is 0.794. The highest BCUT2D eigenvalue weighted by Crippen LogP contribution is 2.15. The van der Waals surface area contributed by atoms with E-state index in [9.17, 15) is 17.2 Å². The van der Waals surface area contributed by atoms with Gasteiger partial charge in [-0.2, -0.15) is 8.78 Å². The van der Waals surface area contributed by atoms with E-state index in [1.54, 1.807) is 16.9 Å². The molecule has 1 N–H and O–H groups in total. The van der Waals surface area contributed by atoms with Gasteiger partial charge in [-0.3, -0.25) is 4.72 Å². The Morgan fingerprint density at radius 1 is 1.25 bits per heavy atom. The maximum Gasteiger partial charge on any atom is 0.355 e. The Hall–Kier alpha value is -0.690. The number of hydrogen-bond acceptors (Lipinski definition) is 2. The van der Waals surface area contributed by atoms with Crippen molar-refractivity contribution in [2.24, 2.45) is 0 Å². The normalized spacial score (nSPS) is 11.8. The summed E-state index contributed by atoms with van der Waals surface area (Å²) in [6.45, 7) is 0. The number of benzene rings is 1. The number of rotatable bonds is 5. The van der Waals surface area contributed by atoms with Gasteiger partial charge in [-0.25, -0.2) is 8.42 Å². The molecule has 0 fully saturated rings. The van der Waals surface area contributed by atoms with Gasteiger partial charge in [0.2, 0.25) is 0 Å².